The van der Waals surface area contributed by atoms with Gasteiger partial charge in [0.05, 0.1) is 13.7 Å². The fourth-order valence-electron chi connectivity index (χ4n) is 2.66. The molecule has 0 aliphatic carbocycles. The largest absolute Gasteiger partial charge is 0.497 e. The van der Waals surface area contributed by atoms with Gasteiger partial charge < -0.3 is 9.47 Å². The lowest BCUT2D eigenvalue weighted by atomic mass is 9.98. The highest BCUT2D eigenvalue weighted by Crippen LogP contribution is 2.33. The van der Waals surface area contributed by atoms with Crippen LogP contribution in [0.3, 0.4) is 0 Å². The highest BCUT2D eigenvalue weighted by Gasteiger charge is 2.21. The predicted octanol–water partition coefficient (Wildman–Crippen LogP) is 3.10. The molecule has 0 radical (unpaired) electrons. The average molecular weight is 328 g/mol. The van der Waals surface area contributed by atoms with Crippen LogP contribution in [0, 0.1) is 25.2 Å². The molecule has 118 valence electrons. The number of imidazole rings is 1. The van der Waals surface area contributed by atoms with E-state index in [-0.39, 0.29) is 0 Å². The van der Waals surface area contributed by atoms with Crippen molar-refractivity contribution in [3.63, 3.8) is 0 Å². The topological polar surface area (TPSA) is 72.4 Å². The third-order valence-electron chi connectivity index (χ3n) is 3.60. The van der Waals surface area contributed by atoms with Crippen LogP contribution >= 0.6 is 11.3 Å². The number of nitriles is 1. The molecule has 2 aromatic heterocycles. The number of hydrogen-bond donors (Lipinski definition) is 0. The molecular weight excluding hydrogens is 312 g/mol. The second kappa shape index (κ2) is 5.99. The van der Waals surface area contributed by atoms with E-state index in [2.05, 4.69) is 16.2 Å². The van der Waals surface area contributed by atoms with E-state index in [1.165, 1.54) is 11.3 Å². The number of aryl methyl sites for hydroxylation is 2. The summed E-state index contributed by atoms with van der Waals surface area (Å²) < 4.78 is 12.0. The van der Waals surface area contributed by atoms with Crippen LogP contribution in [-0.4, -0.2) is 28.8 Å². The summed E-state index contributed by atoms with van der Waals surface area (Å²) in [5.41, 5.74) is 4.08. The highest BCUT2D eigenvalue weighted by molar-refractivity contribution is 7.16. The summed E-state index contributed by atoms with van der Waals surface area (Å²) in [4.78, 5) is 5.33. The van der Waals surface area contributed by atoms with Gasteiger partial charge in [-0.15, -0.1) is 0 Å². The van der Waals surface area contributed by atoms with Crippen molar-refractivity contribution in [2.24, 2.45) is 0 Å². The van der Waals surface area contributed by atoms with Crippen LogP contribution in [-0.2, 0) is 11.3 Å². The lowest BCUT2D eigenvalue weighted by Gasteiger charge is -2.10. The number of ether oxygens (including phenoxy) is 2. The summed E-state index contributed by atoms with van der Waals surface area (Å²) in [5.74, 6) is 0.795. The van der Waals surface area contributed by atoms with Crippen LogP contribution in [0.2, 0.25) is 0 Å². The van der Waals surface area contributed by atoms with E-state index in [4.69, 9.17) is 9.47 Å². The zero-order valence-electron chi connectivity index (χ0n) is 13.4. The molecular formula is C16H16N4O2S. The van der Waals surface area contributed by atoms with Crippen LogP contribution in [0.5, 0.6) is 5.75 Å². The Bertz CT molecular complexity index is 897. The third-order valence-corrected chi connectivity index (χ3v) is 4.48. The Kier molecular flexibility index (Phi) is 4.03. The van der Waals surface area contributed by atoms with Crippen molar-refractivity contribution in [2.45, 2.75) is 20.5 Å². The Morgan fingerprint density at radius 3 is 2.52 bits per heavy atom. The Balaban J connectivity index is 2.21. The fraction of sp³-hybridized carbons (Fsp3) is 0.312. The minimum Gasteiger partial charge on any atom is -0.497 e. The number of rotatable bonds is 4. The van der Waals surface area contributed by atoms with Crippen molar-refractivity contribution in [2.75, 3.05) is 14.2 Å². The molecule has 2 heterocycles. The van der Waals surface area contributed by atoms with Crippen LogP contribution in [0.15, 0.2) is 12.1 Å². The summed E-state index contributed by atoms with van der Waals surface area (Å²) in [5, 5.41) is 14.8. The van der Waals surface area contributed by atoms with Gasteiger partial charge in [-0.2, -0.15) is 14.9 Å². The molecule has 7 heteroatoms. The molecule has 0 aliphatic rings. The van der Waals surface area contributed by atoms with Gasteiger partial charge in [-0.1, -0.05) is 11.3 Å². The van der Waals surface area contributed by atoms with E-state index in [9.17, 15) is 5.26 Å². The van der Waals surface area contributed by atoms with Crippen molar-refractivity contribution in [3.05, 3.63) is 34.0 Å². The van der Waals surface area contributed by atoms with Gasteiger partial charge in [0.1, 0.15) is 22.5 Å². The van der Waals surface area contributed by atoms with Gasteiger partial charge in [0, 0.05) is 12.7 Å². The maximum atomic E-state index is 9.59. The molecule has 0 aliphatic heterocycles. The van der Waals surface area contributed by atoms with Crippen molar-refractivity contribution in [1.29, 1.82) is 5.26 Å². The first-order valence-electron chi connectivity index (χ1n) is 7.02. The second-order valence-corrected chi connectivity index (χ2v) is 6.22. The monoisotopic (exact) mass is 328 g/mol. The number of hydrogen-bond acceptors (Lipinski definition) is 6. The Hall–Kier alpha value is -2.43. The van der Waals surface area contributed by atoms with Crippen molar-refractivity contribution in [1.82, 2.24) is 14.6 Å². The lowest BCUT2D eigenvalue weighted by molar-refractivity contribution is 0.183. The smallest absolute Gasteiger partial charge is 0.214 e. The minimum atomic E-state index is 0.412. The molecule has 0 spiro atoms. The molecule has 0 unspecified atom stereocenters. The predicted molar refractivity (Wildman–Crippen MR) is 87.8 cm³/mol. The molecule has 0 fully saturated rings. The number of aromatic nitrogens is 3. The van der Waals surface area contributed by atoms with Gasteiger partial charge in [0.25, 0.3) is 0 Å². The first-order valence-corrected chi connectivity index (χ1v) is 7.83. The summed E-state index contributed by atoms with van der Waals surface area (Å²) in [6, 6.07) is 6.12. The SMILES string of the molecule is COCc1nn2c(C#N)c(-c3c(C)cc(OC)cc3C)nc2s1. The van der Waals surface area contributed by atoms with Gasteiger partial charge >= 0.3 is 0 Å². The number of nitrogens with zero attached hydrogens (tertiary/aromatic N) is 4. The molecule has 0 bridgehead atoms. The number of benzene rings is 1. The Labute approximate surface area is 137 Å². The molecule has 0 atom stereocenters. The standard InChI is InChI=1S/C16H16N4O2S/c1-9-5-11(22-4)6-10(2)14(9)15-12(7-17)20-16(18-15)23-13(19-20)8-21-3/h5-6H,8H2,1-4H3. The molecule has 3 aromatic rings. The second-order valence-electron chi connectivity index (χ2n) is 5.18. The lowest BCUT2D eigenvalue weighted by Crippen LogP contribution is -1.96. The van der Waals surface area contributed by atoms with Gasteiger partial charge in [0.15, 0.2) is 5.69 Å². The summed E-state index contributed by atoms with van der Waals surface area (Å²) in [6.45, 7) is 4.39. The molecule has 0 N–H and O–H groups in total. The Morgan fingerprint density at radius 2 is 1.96 bits per heavy atom. The zero-order valence-corrected chi connectivity index (χ0v) is 14.2. The van der Waals surface area contributed by atoms with Gasteiger partial charge in [0.2, 0.25) is 4.96 Å². The first kappa shape index (κ1) is 15.5. The van der Waals surface area contributed by atoms with E-state index in [0.717, 1.165) is 27.4 Å². The average Bonchev–Trinajstić information content (AvgIpc) is 3.03. The van der Waals surface area contributed by atoms with E-state index >= 15 is 0 Å². The maximum absolute atomic E-state index is 9.59. The fourth-order valence-corrected chi connectivity index (χ4v) is 3.53. The minimum absolute atomic E-state index is 0.412. The van der Waals surface area contributed by atoms with E-state index < -0.39 is 0 Å². The Morgan fingerprint density at radius 1 is 1.26 bits per heavy atom. The molecule has 0 saturated carbocycles. The number of fused-ring (bicyclic) bond motifs is 1. The van der Waals surface area contributed by atoms with E-state index in [0.29, 0.717) is 23.0 Å². The van der Waals surface area contributed by atoms with Crippen molar-refractivity contribution >= 4 is 16.3 Å². The van der Waals surface area contributed by atoms with Gasteiger partial charge in [-0.25, -0.2) is 4.98 Å². The summed E-state index contributed by atoms with van der Waals surface area (Å²) in [6.07, 6.45) is 0. The van der Waals surface area contributed by atoms with E-state index in [1.807, 2.05) is 26.0 Å². The molecule has 1 aromatic carbocycles. The summed E-state index contributed by atoms with van der Waals surface area (Å²) in [7, 11) is 3.26. The molecule has 23 heavy (non-hydrogen) atoms. The van der Waals surface area contributed by atoms with Crippen LogP contribution < -0.4 is 4.74 Å². The quantitative estimate of drug-likeness (QED) is 0.736. The highest BCUT2D eigenvalue weighted by atomic mass is 32.1. The van der Waals surface area contributed by atoms with Crippen LogP contribution in [0.4, 0.5) is 0 Å². The maximum Gasteiger partial charge on any atom is 0.214 e. The van der Waals surface area contributed by atoms with Gasteiger partial charge in [-0.05, 0) is 37.1 Å². The normalized spacial score (nSPS) is 10.9. The summed E-state index contributed by atoms with van der Waals surface area (Å²) >= 11 is 1.43. The molecule has 6 nitrogen and oxygen atoms in total. The number of methoxy groups -OCH3 is 2. The van der Waals surface area contributed by atoms with E-state index in [1.54, 1.807) is 18.7 Å². The third kappa shape index (κ3) is 2.56. The van der Waals surface area contributed by atoms with Crippen molar-refractivity contribution < 1.29 is 9.47 Å². The molecule has 0 saturated heterocycles. The zero-order chi connectivity index (χ0) is 16.6. The van der Waals surface area contributed by atoms with Crippen molar-refractivity contribution in [3.8, 4) is 23.1 Å². The van der Waals surface area contributed by atoms with Crippen LogP contribution in [0.25, 0.3) is 16.2 Å². The molecule has 3 rings (SSSR count). The first-order chi connectivity index (χ1) is 11.1. The van der Waals surface area contributed by atoms with Crippen LogP contribution in [0.1, 0.15) is 21.8 Å². The molecule has 0 amide bonds. The van der Waals surface area contributed by atoms with Gasteiger partial charge in [-0.3, -0.25) is 0 Å².